The number of furan rings is 1. The van der Waals surface area contributed by atoms with Crippen molar-refractivity contribution in [2.75, 3.05) is 0 Å². The van der Waals surface area contributed by atoms with Crippen LogP contribution in [-0.2, 0) is 0 Å². The molecule has 4 heteroatoms. The first kappa shape index (κ1) is 30.6. The molecule has 0 fully saturated rings. The van der Waals surface area contributed by atoms with Crippen molar-refractivity contribution in [1.29, 1.82) is 0 Å². The van der Waals surface area contributed by atoms with E-state index in [2.05, 4.69) is 140 Å². The van der Waals surface area contributed by atoms with Gasteiger partial charge in [0.2, 0.25) is 0 Å². The van der Waals surface area contributed by atoms with Crippen LogP contribution in [0.3, 0.4) is 0 Å². The maximum absolute atomic E-state index is 6.49. The highest BCUT2D eigenvalue weighted by Crippen LogP contribution is 2.41. The molecule has 10 rings (SSSR count). The second-order valence-corrected chi connectivity index (χ2v) is 13.2. The third-order valence-corrected chi connectivity index (χ3v) is 9.95. The van der Waals surface area contributed by atoms with Crippen LogP contribution >= 0.6 is 0 Å². The zero-order chi connectivity index (χ0) is 35.1. The van der Waals surface area contributed by atoms with Gasteiger partial charge < -0.3 is 4.42 Å². The van der Waals surface area contributed by atoms with Gasteiger partial charge in [-0.1, -0.05) is 164 Å². The summed E-state index contributed by atoms with van der Waals surface area (Å²) in [5.41, 5.74) is 11.2. The Morgan fingerprint density at radius 1 is 0.302 bits per heavy atom. The molecule has 0 aliphatic heterocycles. The summed E-state index contributed by atoms with van der Waals surface area (Å²) in [4.78, 5) is 15.5. The molecule has 0 unspecified atom stereocenters. The average molecular weight is 678 g/mol. The van der Waals surface area contributed by atoms with Gasteiger partial charge in [-0.25, -0.2) is 15.0 Å². The molecule has 4 nitrogen and oxygen atoms in total. The van der Waals surface area contributed by atoms with E-state index in [9.17, 15) is 0 Å². The van der Waals surface area contributed by atoms with Gasteiger partial charge in [0.05, 0.1) is 0 Å². The molecule has 0 N–H and O–H groups in total. The third-order valence-electron chi connectivity index (χ3n) is 9.95. The summed E-state index contributed by atoms with van der Waals surface area (Å²) in [5, 5.41) is 4.42. The highest BCUT2D eigenvalue weighted by atomic mass is 16.3. The zero-order valence-electron chi connectivity index (χ0n) is 28.6. The molecule has 0 bridgehead atoms. The quantitative estimate of drug-likeness (QED) is 0.176. The molecular weight excluding hydrogens is 647 g/mol. The Hall–Kier alpha value is -7.17. The number of fused-ring (bicyclic) bond motifs is 4. The normalized spacial score (nSPS) is 11.4. The number of rotatable bonds is 6. The lowest BCUT2D eigenvalue weighted by molar-refractivity contribution is 0.669. The minimum atomic E-state index is 0.591. The first-order valence-electron chi connectivity index (χ1n) is 17.8. The van der Waals surface area contributed by atoms with Crippen molar-refractivity contribution in [2.24, 2.45) is 0 Å². The molecule has 2 aromatic heterocycles. The number of hydrogen-bond acceptors (Lipinski definition) is 4. The van der Waals surface area contributed by atoms with Crippen LogP contribution in [0.15, 0.2) is 192 Å². The summed E-state index contributed by atoms with van der Waals surface area (Å²) in [6.07, 6.45) is 0. The van der Waals surface area contributed by atoms with E-state index in [1.807, 2.05) is 48.5 Å². The van der Waals surface area contributed by atoms with Crippen molar-refractivity contribution < 1.29 is 4.42 Å². The van der Waals surface area contributed by atoms with Gasteiger partial charge in [0.1, 0.15) is 11.2 Å². The first-order chi connectivity index (χ1) is 26.3. The van der Waals surface area contributed by atoms with E-state index in [0.717, 1.165) is 66.4 Å². The second-order valence-electron chi connectivity index (χ2n) is 13.2. The van der Waals surface area contributed by atoms with Gasteiger partial charge in [-0.3, -0.25) is 0 Å². The van der Waals surface area contributed by atoms with Crippen LogP contribution in [0.4, 0.5) is 0 Å². The molecule has 0 saturated carbocycles. The summed E-state index contributed by atoms with van der Waals surface area (Å²) in [5.74, 6) is 1.81. The number of benzene rings is 8. The Balaban J connectivity index is 1.18. The highest BCUT2D eigenvalue weighted by Gasteiger charge is 2.20. The summed E-state index contributed by atoms with van der Waals surface area (Å²) in [6, 6.07) is 65.2. The molecule has 8 aromatic carbocycles. The van der Waals surface area contributed by atoms with Crippen LogP contribution in [0.2, 0.25) is 0 Å². The molecule has 0 saturated heterocycles. The van der Waals surface area contributed by atoms with Gasteiger partial charge in [0.15, 0.2) is 17.5 Å². The van der Waals surface area contributed by atoms with Gasteiger partial charge in [0, 0.05) is 27.5 Å². The Kier molecular flexibility index (Phi) is 7.43. The molecular formula is C49H31N3O. The topological polar surface area (TPSA) is 51.8 Å². The summed E-state index contributed by atoms with van der Waals surface area (Å²) >= 11 is 0. The lowest BCUT2D eigenvalue weighted by Crippen LogP contribution is -2.01. The second kappa shape index (κ2) is 12.9. The standard InChI is InChI=1S/C49H31N3O/c1-4-14-32(15-5-1)36-26-29-41-45(31-36)53-44-25-13-24-42(46(41)44)49-51-47(35-19-8-3-9-20-35)50-48(52-49)37-27-28-40(43(30-37)34-16-6-2-7-17-34)39-23-12-21-33-18-10-11-22-38(33)39/h1-31H. The van der Waals surface area contributed by atoms with E-state index in [4.69, 9.17) is 19.4 Å². The largest absolute Gasteiger partial charge is 0.456 e. The van der Waals surface area contributed by atoms with Crippen LogP contribution in [-0.4, -0.2) is 15.0 Å². The van der Waals surface area contributed by atoms with Gasteiger partial charge >= 0.3 is 0 Å². The molecule has 0 spiro atoms. The molecule has 0 amide bonds. The van der Waals surface area contributed by atoms with Gasteiger partial charge in [0.25, 0.3) is 0 Å². The maximum atomic E-state index is 6.49. The summed E-state index contributed by atoms with van der Waals surface area (Å²) < 4.78 is 6.49. The zero-order valence-corrected chi connectivity index (χ0v) is 28.6. The molecule has 10 aromatic rings. The Labute approximate surface area is 306 Å². The number of aromatic nitrogens is 3. The van der Waals surface area contributed by atoms with Crippen molar-refractivity contribution in [3.8, 4) is 67.5 Å². The molecule has 0 atom stereocenters. The average Bonchev–Trinajstić information content (AvgIpc) is 3.62. The molecule has 0 aliphatic carbocycles. The predicted molar refractivity (Wildman–Crippen MR) is 217 cm³/mol. The van der Waals surface area contributed by atoms with Gasteiger partial charge in [-0.05, 0) is 68.4 Å². The smallest absolute Gasteiger partial charge is 0.164 e. The fraction of sp³-hybridized carbons (Fsp3) is 0. The van der Waals surface area contributed by atoms with E-state index >= 15 is 0 Å². The van der Waals surface area contributed by atoms with Crippen LogP contribution in [0.5, 0.6) is 0 Å². The number of nitrogens with zero attached hydrogens (tertiary/aromatic N) is 3. The van der Waals surface area contributed by atoms with Crippen LogP contribution in [0.1, 0.15) is 0 Å². The molecule has 0 aliphatic rings. The minimum absolute atomic E-state index is 0.591. The minimum Gasteiger partial charge on any atom is -0.456 e. The molecule has 2 heterocycles. The van der Waals surface area contributed by atoms with Crippen molar-refractivity contribution in [1.82, 2.24) is 15.0 Å². The van der Waals surface area contributed by atoms with Crippen molar-refractivity contribution in [2.45, 2.75) is 0 Å². The molecule has 0 radical (unpaired) electrons. The van der Waals surface area contributed by atoms with E-state index in [0.29, 0.717) is 17.5 Å². The van der Waals surface area contributed by atoms with Crippen molar-refractivity contribution >= 4 is 32.7 Å². The molecule has 53 heavy (non-hydrogen) atoms. The third kappa shape index (κ3) is 5.54. The SMILES string of the molecule is c1ccc(-c2ccc3c(c2)oc2cccc(-c4nc(-c5ccccc5)nc(-c5ccc(-c6cccc7ccccc67)c(-c6ccccc6)c5)n4)c23)cc1. The highest BCUT2D eigenvalue weighted by molar-refractivity contribution is 6.12. The first-order valence-corrected chi connectivity index (χ1v) is 17.8. The molecule has 248 valence electrons. The Morgan fingerprint density at radius 2 is 0.906 bits per heavy atom. The maximum Gasteiger partial charge on any atom is 0.164 e. The summed E-state index contributed by atoms with van der Waals surface area (Å²) in [6.45, 7) is 0. The van der Waals surface area contributed by atoms with Crippen LogP contribution < -0.4 is 0 Å². The lowest BCUT2D eigenvalue weighted by atomic mass is 9.90. The van der Waals surface area contributed by atoms with E-state index in [1.165, 1.54) is 16.3 Å². The lowest BCUT2D eigenvalue weighted by Gasteiger charge is -2.15. The fourth-order valence-corrected chi connectivity index (χ4v) is 7.40. The van der Waals surface area contributed by atoms with E-state index < -0.39 is 0 Å². The van der Waals surface area contributed by atoms with Crippen LogP contribution in [0, 0.1) is 0 Å². The van der Waals surface area contributed by atoms with Gasteiger partial charge in [-0.2, -0.15) is 0 Å². The fourth-order valence-electron chi connectivity index (χ4n) is 7.40. The Bertz CT molecular complexity index is 2930. The van der Waals surface area contributed by atoms with Crippen LogP contribution in [0.25, 0.3) is 100 Å². The summed E-state index contributed by atoms with van der Waals surface area (Å²) in [7, 11) is 0. The monoisotopic (exact) mass is 677 g/mol. The number of hydrogen-bond donors (Lipinski definition) is 0. The predicted octanol–water partition coefficient (Wildman–Crippen LogP) is 12.9. The van der Waals surface area contributed by atoms with E-state index in [1.54, 1.807) is 0 Å². The van der Waals surface area contributed by atoms with Crippen molar-refractivity contribution in [3.05, 3.63) is 188 Å². The Morgan fingerprint density at radius 3 is 1.70 bits per heavy atom. The van der Waals surface area contributed by atoms with E-state index in [-0.39, 0.29) is 0 Å². The van der Waals surface area contributed by atoms with Gasteiger partial charge in [-0.15, -0.1) is 0 Å². The van der Waals surface area contributed by atoms with Crippen molar-refractivity contribution in [3.63, 3.8) is 0 Å².